The van der Waals surface area contributed by atoms with Crippen molar-refractivity contribution in [2.45, 2.75) is 19.8 Å². The van der Waals surface area contributed by atoms with Crippen molar-refractivity contribution in [1.29, 1.82) is 5.26 Å². The van der Waals surface area contributed by atoms with Crippen LogP contribution >= 0.6 is 0 Å². The highest BCUT2D eigenvalue weighted by Gasteiger charge is 2.19. The van der Waals surface area contributed by atoms with Crippen molar-refractivity contribution in [3.8, 4) is 6.07 Å². The summed E-state index contributed by atoms with van der Waals surface area (Å²) < 4.78 is 0. The van der Waals surface area contributed by atoms with Gasteiger partial charge in [0.15, 0.2) is 0 Å². The van der Waals surface area contributed by atoms with Gasteiger partial charge in [0.2, 0.25) is 5.95 Å². The van der Waals surface area contributed by atoms with Crippen molar-refractivity contribution >= 4 is 17.5 Å². The quantitative estimate of drug-likeness (QED) is 0.638. The molecule has 2 aromatic rings. The van der Waals surface area contributed by atoms with Gasteiger partial charge in [-0.3, -0.25) is 4.79 Å². The van der Waals surface area contributed by atoms with Crippen molar-refractivity contribution in [1.82, 2.24) is 14.9 Å². The molecule has 0 spiro atoms. The molecule has 1 fully saturated rings. The molecular weight excluding hydrogens is 352 g/mol. The van der Waals surface area contributed by atoms with Crippen LogP contribution in [0.2, 0.25) is 0 Å². The summed E-state index contributed by atoms with van der Waals surface area (Å²) in [6, 6.07) is 11.5. The van der Waals surface area contributed by atoms with Crippen LogP contribution < -0.4 is 10.2 Å². The molecule has 28 heavy (non-hydrogen) atoms. The first kappa shape index (κ1) is 19.4. The maximum Gasteiger partial charge on any atom is 0.267 e. The molecule has 0 radical (unpaired) electrons. The molecule has 0 unspecified atom stereocenters. The Kier molecular flexibility index (Phi) is 6.22. The molecule has 1 aromatic carbocycles. The molecule has 1 aliphatic heterocycles. The maximum absolute atomic E-state index is 12.5. The van der Waals surface area contributed by atoms with Crippen LogP contribution in [0.5, 0.6) is 0 Å². The Hall–Kier alpha value is -3.40. The predicted octanol–water partition coefficient (Wildman–Crippen LogP) is 2.77. The van der Waals surface area contributed by atoms with E-state index in [1.165, 1.54) is 5.56 Å². The van der Waals surface area contributed by atoms with Crippen LogP contribution in [0.25, 0.3) is 0 Å². The second-order valence-electron chi connectivity index (χ2n) is 6.96. The second kappa shape index (κ2) is 9.00. The Morgan fingerprint density at radius 3 is 2.36 bits per heavy atom. The summed E-state index contributed by atoms with van der Waals surface area (Å²) >= 11 is 0. The summed E-state index contributed by atoms with van der Waals surface area (Å²) in [7, 11) is 0. The second-order valence-corrected chi connectivity index (χ2v) is 6.96. The van der Waals surface area contributed by atoms with Gasteiger partial charge < -0.3 is 15.1 Å². The maximum atomic E-state index is 12.5. The number of carbonyl (C=O) groups is 1. The topological polar surface area (TPSA) is 85.2 Å². The smallest absolute Gasteiger partial charge is 0.267 e. The monoisotopic (exact) mass is 376 g/mol. The molecule has 0 saturated carbocycles. The van der Waals surface area contributed by atoms with Gasteiger partial charge in [-0.05, 0) is 29.7 Å². The van der Waals surface area contributed by atoms with E-state index < -0.39 is 5.91 Å². The molecule has 0 atom stereocenters. The van der Waals surface area contributed by atoms with E-state index in [9.17, 15) is 10.1 Å². The SMILES string of the molecule is CC(C)c1ccc(NC(=O)/C(C#N)=C\N2CCN(c3ncccn3)CC2)cc1. The number of aromatic nitrogens is 2. The number of amides is 1. The number of carbonyl (C=O) groups excluding carboxylic acids is 1. The van der Waals surface area contributed by atoms with Gasteiger partial charge >= 0.3 is 0 Å². The fourth-order valence-corrected chi connectivity index (χ4v) is 2.98. The number of anilines is 2. The number of nitrogens with zero attached hydrogens (tertiary/aromatic N) is 5. The zero-order valence-corrected chi connectivity index (χ0v) is 16.2. The number of nitriles is 1. The van der Waals surface area contributed by atoms with E-state index in [0.717, 1.165) is 13.1 Å². The average Bonchev–Trinajstić information content (AvgIpc) is 2.73. The number of piperazine rings is 1. The number of nitrogens with one attached hydrogen (secondary N) is 1. The molecule has 7 nitrogen and oxygen atoms in total. The summed E-state index contributed by atoms with van der Waals surface area (Å²) in [6.07, 6.45) is 5.09. The molecule has 0 aliphatic carbocycles. The van der Waals surface area contributed by atoms with Crippen molar-refractivity contribution in [2.24, 2.45) is 0 Å². The number of hydrogen-bond acceptors (Lipinski definition) is 6. The van der Waals surface area contributed by atoms with Crippen LogP contribution in [0.15, 0.2) is 54.5 Å². The summed E-state index contributed by atoms with van der Waals surface area (Å²) in [6.45, 7) is 7.09. The molecule has 1 saturated heterocycles. The van der Waals surface area contributed by atoms with Gasteiger partial charge in [-0.1, -0.05) is 26.0 Å². The van der Waals surface area contributed by atoms with Crippen molar-refractivity contribution < 1.29 is 4.79 Å². The molecule has 1 amide bonds. The third-order valence-corrected chi connectivity index (χ3v) is 4.66. The molecule has 7 heteroatoms. The van der Waals surface area contributed by atoms with Gasteiger partial charge in [0.1, 0.15) is 11.6 Å². The fourth-order valence-electron chi connectivity index (χ4n) is 2.98. The van der Waals surface area contributed by atoms with Crippen LogP contribution in [0.3, 0.4) is 0 Å². The normalized spacial score (nSPS) is 14.7. The highest BCUT2D eigenvalue weighted by atomic mass is 16.1. The van der Waals surface area contributed by atoms with E-state index in [0.29, 0.717) is 30.6 Å². The van der Waals surface area contributed by atoms with Crippen LogP contribution in [0, 0.1) is 11.3 Å². The largest absolute Gasteiger partial charge is 0.373 e. The minimum absolute atomic E-state index is 0.0948. The van der Waals surface area contributed by atoms with E-state index >= 15 is 0 Å². The molecule has 1 aromatic heterocycles. The van der Waals surface area contributed by atoms with Gasteiger partial charge in [-0.15, -0.1) is 0 Å². The Labute approximate surface area is 165 Å². The fraction of sp³-hybridized carbons (Fsp3) is 0.333. The van der Waals surface area contributed by atoms with Crippen LogP contribution in [0.4, 0.5) is 11.6 Å². The van der Waals surface area contributed by atoms with Crippen LogP contribution in [-0.4, -0.2) is 47.0 Å². The summed E-state index contributed by atoms with van der Waals surface area (Å²) in [5, 5.41) is 12.2. The van der Waals surface area contributed by atoms with Gasteiger partial charge in [0, 0.05) is 50.5 Å². The van der Waals surface area contributed by atoms with E-state index in [1.54, 1.807) is 24.7 Å². The zero-order chi connectivity index (χ0) is 19.9. The lowest BCUT2D eigenvalue weighted by molar-refractivity contribution is -0.112. The third kappa shape index (κ3) is 4.86. The Morgan fingerprint density at radius 1 is 1.14 bits per heavy atom. The van der Waals surface area contributed by atoms with E-state index in [4.69, 9.17) is 0 Å². The average molecular weight is 376 g/mol. The Morgan fingerprint density at radius 2 is 1.79 bits per heavy atom. The molecular formula is C21H24N6O. The lowest BCUT2D eigenvalue weighted by atomic mass is 10.0. The van der Waals surface area contributed by atoms with E-state index in [2.05, 4.69) is 34.0 Å². The number of rotatable bonds is 5. The lowest BCUT2D eigenvalue weighted by Crippen LogP contribution is -2.45. The Bertz CT molecular complexity index is 862. The minimum atomic E-state index is -0.395. The number of hydrogen-bond donors (Lipinski definition) is 1. The van der Waals surface area contributed by atoms with Gasteiger partial charge in [-0.25, -0.2) is 9.97 Å². The van der Waals surface area contributed by atoms with Crippen molar-refractivity contribution in [2.75, 3.05) is 36.4 Å². The van der Waals surface area contributed by atoms with Crippen molar-refractivity contribution in [3.63, 3.8) is 0 Å². The van der Waals surface area contributed by atoms with Gasteiger partial charge in [0.25, 0.3) is 5.91 Å². The molecule has 1 aliphatic rings. The minimum Gasteiger partial charge on any atom is -0.373 e. The lowest BCUT2D eigenvalue weighted by Gasteiger charge is -2.34. The predicted molar refractivity (Wildman–Crippen MR) is 109 cm³/mol. The Balaban J connectivity index is 1.59. The molecule has 144 valence electrons. The third-order valence-electron chi connectivity index (χ3n) is 4.66. The highest BCUT2D eigenvalue weighted by Crippen LogP contribution is 2.18. The molecule has 0 bridgehead atoms. The van der Waals surface area contributed by atoms with Gasteiger partial charge in [-0.2, -0.15) is 5.26 Å². The number of benzene rings is 1. The molecule has 1 N–H and O–H groups in total. The van der Waals surface area contributed by atoms with Crippen LogP contribution in [-0.2, 0) is 4.79 Å². The van der Waals surface area contributed by atoms with Crippen LogP contribution in [0.1, 0.15) is 25.3 Å². The van der Waals surface area contributed by atoms with Crippen molar-refractivity contribution in [3.05, 3.63) is 60.1 Å². The molecule has 3 rings (SSSR count). The standard InChI is InChI=1S/C21H24N6O/c1-16(2)17-4-6-19(7-5-17)25-20(28)18(14-22)15-26-10-12-27(13-11-26)21-23-8-3-9-24-21/h3-9,15-16H,10-13H2,1-2H3,(H,25,28)/b18-15-. The van der Waals surface area contributed by atoms with Gasteiger partial charge in [0.05, 0.1) is 0 Å². The first-order valence-electron chi connectivity index (χ1n) is 9.36. The first-order chi connectivity index (χ1) is 13.6. The molecule has 2 heterocycles. The summed E-state index contributed by atoms with van der Waals surface area (Å²) in [4.78, 5) is 25.1. The summed E-state index contributed by atoms with van der Waals surface area (Å²) in [5.41, 5.74) is 1.98. The zero-order valence-electron chi connectivity index (χ0n) is 16.2. The summed E-state index contributed by atoms with van der Waals surface area (Å²) in [5.74, 6) is 0.738. The first-order valence-corrected chi connectivity index (χ1v) is 9.36. The highest BCUT2D eigenvalue weighted by molar-refractivity contribution is 6.06. The van der Waals surface area contributed by atoms with E-state index in [-0.39, 0.29) is 5.57 Å². The van der Waals surface area contributed by atoms with E-state index in [1.807, 2.05) is 35.2 Å².